The Morgan fingerprint density at radius 2 is 1.96 bits per heavy atom. The third-order valence-electron chi connectivity index (χ3n) is 4.04. The van der Waals surface area contributed by atoms with Gasteiger partial charge in [-0.25, -0.2) is 14.8 Å². The fourth-order valence-electron chi connectivity index (χ4n) is 2.77. The minimum atomic E-state index is -0.756. The maximum absolute atomic E-state index is 12.2. The van der Waals surface area contributed by atoms with E-state index in [1.807, 2.05) is 36.6 Å². The summed E-state index contributed by atoms with van der Waals surface area (Å²) in [4.78, 5) is 35.1. The number of anilines is 1. The van der Waals surface area contributed by atoms with Gasteiger partial charge in [-0.15, -0.1) is 11.3 Å². The van der Waals surface area contributed by atoms with E-state index >= 15 is 0 Å². The summed E-state index contributed by atoms with van der Waals surface area (Å²) in [5, 5.41) is 5.74. The van der Waals surface area contributed by atoms with Gasteiger partial charge in [-0.3, -0.25) is 10.1 Å². The van der Waals surface area contributed by atoms with E-state index in [4.69, 9.17) is 16.3 Å². The lowest BCUT2D eigenvalue weighted by Crippen LogP contribution is -2.40. The summed E-state index contributed by atoms with van der Waals surface area (Å²) in [6, 6.07) is 7.52. The number of hydrogen-bond donors (Lipinski definition) is 1. The van der Waals surface area contributed by atoms with Crippen molar-refractivity contribution in [3.8, 4) is 11.1 Å². The molecule has 1 aromatic carbocycles. The summed E-state index contributed by atoms with van der Waals surface area (Å²) in [6.45, 7) is 4.28. The van der Waals surface area contributed by atoms with E-state index in [1.165, 1.54) is 17.7 Å². The van der Waals surface area contributed by atoms with Gasteiger partial charge in [-0.05, 0) is 31.5 Å². The monoisotopic (exact) mass is 418 g/mol. The van der Waals surface area contributed by atoms with Crippen LogP contribution < -0.4 is 10.2 Å². The van der Waals surface area contributed by atoms with E-state index in [9.17, 15) is 9.59 Å². The number of aromatic nitrogens is 2. The maximum Gasteiger partial charge on any atom is 0.413 e. The van der Waals surface area contributed by atoms with Gasteiger partial charge in [-0.2, -0.15) is 0 Å². The highest BCUT2D eigenvalue weighted by Crippen LogP contribution is 2.38. The number of halogens is 1. The van der Waals surface area contributed by atoms with Crippen molar-refractivity contribution >= 4 is 51.0 Å². The number of amides is 2. The molecule has 0 bridgehead atoms. The third-order valence-corrected chi connectivity index (χ3v) is 5.18. The van der Waals surface area contributed by atoms with Crippen LogP contribution in [0, 0.1) is 0 Å². The zero-order chi connectivity index (χ0) is 20.1. The number of likely N-dealkylation sites (N-methyl/N-ethyl adjacent to an activating group) is 1. The van der Waals surface area contributed by atoms with E-state index < -0.39 is 12.0 Å². The van der Waals surface area contributed by atoms with Crippen LogP contribution in [0.4, 0.5) is 10.6 Å². The summed E-state index contributed by atoms with van der Waals surface area (Å²) in [6.07, 6.45) is 0.722. The Hall–Kier alpha value is -2.71. The highest BCUT2D eigenvalue weighted by Gasteiger charge is 2.20. The Morgan fingerprint density at radius 3 is 2.64 bits per heavy atom. The normalized spacial score (nSPS) is 10.7. The molecule has 2 amide bonds. The number of alkyl carbamates (subject to hydrolysis) is 1. The molecule has 0 saturated carbocycles. The quantitative estimate of drug-likeness (QED) is 0.648. The van der Waals surface area contributed by atoms with Gasteiger partial charge in [0, 0.05) is 22.5 Å². The van der Waals surface area contributed by atoms with Crippen LogP contribution in [0.1, 0.15) is 13.8 Å². The van der Waals surface area contributed by atoms with E-state index in [0.717, 1.165) is 21.3 Å². The number of carbonyl (C=O) groups is 2. The number of fused-ring (bicyclic) bond motifs is 1. The van der Waals surface area contributed by atoms with Crippen LogP contribution >= 0.6 is 22.9 Å². The molecule has 146 valence electrons. The highest BCUT2D eigenvalue weighted by molar-refractivity contribution is 7.17. The van der Waals surface area contributed by atoms with Crippen molar-refractivity contribution in [2.45, 2.75) is 13.8 Å². The number of rotatable bonds is 6. The first-order chi connectivity index (χ1) is 13.5. The minimum absolute atomic E-state index is 0.0304. The number of hydrogen-bond acceptors (Lipinski definition) is 7. The topological polar surface area (TPSA) is 84.4 Å². The van der Waals surface area contributed by atoms with E-state index in [2.05, 4.69) is 15.3 Å². The van der Waals surface area contributed by atoms with E-state index in [-0.39, 0.29) is 13.2 Å². The Bertz CT molecular complexity index is 991. The van der Waals surface area contributed by atoms with Crippen LogP contribution in [0.5, 0.6) is 0 Å². The molecule has 0 unspecified atom stereocenters. The van der Waals surface area contributed by atoms with Crippen LogP contribution in [0.25, 0.3) is 21.3 Å². The minimum Gasteiger partial charge on any atom is -0.450 e. The average molecular weight is 419 g/mol. The largest absolute Gasteiger partial charge is 0.450 e. The van der Waals surface area contributed by atoms with Crippen molar-refractivity contribution in [2.24, 2.45) is 0 Å². The molecule has 0 aliphatic heterocycles. The molecule has 9 heteroatoms. The predicted octanol–water partition coefficient (Wildman–Crippen LogP) is 4.11. The van der Waals surface area contributed by atoms with Crippen LogP contribution in [0.3, 0.4) is 0 Å². The number of nitrogens with one attached hydrogen (secondary N) is 1. The lowest BCUT2D eigenvalue weighted by atomic mass is 10.1. The van der Waals surface area contributed by atoms with Crippen LogP contribution in [-0.2, 0) is 9.53 Å². The van der Waals surface area contributed by atoms with Gasteiger partial charge in [0.15, 0.2) is 0 Å². The standard InChI is InChI=1S/C19H19ClN4O3S/c1-3-24(9-15(25)23-19(26)27-4-2)17-16-14(10-28-18(16)22-11-21-17)12-5-7-13(20)8-6-12/h5-8,10-11H,3-4,9H2,1-2H3,(H,23,25,26). The van der Waals surface area contributed by atoms with Crippen molar-refractivity contribution in [2.75, 3.05) is 24.6 Å². The molecular formula is C19H19ClN4O3S. The molecule has 3 rings (SSSR count). The lowest BCUT2D eigenvalue weighted by molar-refractivity contribution is -0.119. The SMILES string of the molecule is CCOC(=O)NC(=O)CN(CC)c1ncnc2scc(-c3ccc(Cl)cc3)c12. The summed E-state index contributed by atoms with van der Waals surface area (Å²) in [7, 11) is 0. The van der Waals surface area contributed by atoms with Crippen molar-refractivity contribution in [1.29, 1.82) is 0 Å². The lowest BCUT2D eigenvalue weighted by Gasteiger charge is -2.22. The molecule has 2 aromatic heterocycles. The molecule has 2 heterocycles. The Labute approximate surface area is 171 Å². The second kappa shape index (κ2) is 8.99. The number of ether oxygens (including phenoxy) is 1. The molecule has 0 saturated heterocycles. The zero-order valence-electron chi connectivity index (χ0n) is 15.4. The van der Waals surface area contributed by atoms with Crippen molar-refractivity contribution in [3.05, 3.63) is 41.0 Å². The van der Waals surface area contributed by atoms with Gasteiger partial charge >= 0.3 is 6.09 Å². The molecule has 7 nitrogen and oxygen atoms in total. The van der Waals surface area contributed by atoms with E-state index in [1.54, 1.807) is 11.8 Å². The molecule has 28 heavy (non-hydrogen) atoms. The second-order valence-electron chi connectivity index (χ2n) is 5.82. The van der Waals surface area contributed by atoms with Crippen LogP contribution in [-0.4, -0.2) is 41.7 Å². The first-order valence-electron chi connectivity index (χ1n) is 8.73. The van der Waals surface area contributed by atoms with Crippen molar-refractivity contribution in [3.63, 3.8) is 0 Å². The molecule has 0 aliphatic carbocycles. The van der Waals surface area contributed by atoms with Crippen molar-refractivity contribution in [1.82, 2.24) is 15.3 Å². The van der Waals surface area contributed by atoms with Crippen molar-refractivity contribution < 1.29 is 14.3 Å². The summed E-state index contributed by atoms with van der Waals surface area (Å²) < 4.78 is 4.75. The number of benzene rings is 1. The molecule has 3 aromatic rings. The van der Waals surface area contributed by atoms with Gasteiger partial charge < -0.3 is 9.64 Å². The number of thiophene rings is 1. The van der Waals surface area contributed by atoms with Gasteiger partial charge in [0.05, 0.1) is 18.5 Å². The van der Waals surface area contributed by atoms with Gasteiger partial charge in [0.1, 0.15) is 17.0 Å². The van der Waals surface area contributed by atoms with E-state index in [0.29, 0.717) is 17.4 Å². The molecule has 0 atom stereocenters. The maximum atomic E-state index is 12.2. The molecule has 0 spiro atoms. The first-order valence-corrected chi connectivity index (χ1v) is 9.98. The molecule has 0 radical (unpaired) electrons. The first kappa shape index (κ1) is 20.0. The second-order valence-corrected chi connectivity index (χ2v) is 7.11. The third kappa shape index (κ3) is 4.40. The summed E-state index contributed by atoms with van der Waals surface area (Å²) >= 11 is 7.51. The Morgan fingerprint density at radius 1 is 1.21 bits per heavy atom. The van der Waals surface area contributed by atoms with Crippen LogP contribution in [0.15, 0.2) is 36.0 Å². The Balaban J connectivity index is 1.94. The molecule has 1 N–H and O–H groups in total. The van der Waals surface area contributed by atoms with Gasteiger partial charge in [0.25, 0.3) is 0 Å². The number of carbonyl (C=O) groups excluding carboxylic acids is 2. The smallest absolute Gasteiger partial charge is 0.413 e. The average Bonchev–Trinajstić information content (AvgIpc) is 3.11. The van der Waals surface area contributed by atoms with Gasteiger partial charge in [-0.1, -0.05) is 23.7 Å². The fraction of sp³-hybridized carbons (Fsp3) is 0.263. The summed E-state index contributed by atoms with van der Waals surface area (Å²) in [5.74, 6) is 0.174. The predicted molar refractivity (Wildman–Crippen MR) is 111 cm³/mol. The highest BCUT2D eigenvalue weighted by atomic mass is 35.5. The molecular weight excluding hydrogens is 400 g/mol. The number of imide groups is 1. The molecule has 0 fully saturated rings. The Kier molecular flexibility index (Phi) is 6.43. The van der Waals surface area contributed by atoms with Crippen LogP contribution in [0.2, 0.25) is 5.02 Å². The number of nitrogens with zero attached hydrogens (tertiary/aromatic N) is 3. The fourth-order valence-corrected chi connectivity index (χ4v) is 3.81. The summed E-state index contributed by atoms with van der Waals surface area (Å²) in [5.41, 5.74) is 1.95. The zero-order valence-corrected chi connectivity index (χ0v) is 17.0. The molecule has 0 aliphatic rings. The van der Waals surface area contributed by atoms with Gasteiger partial charge in [0.2, 0.25) is 5.91 Å².